The molecule has 128 valence electrons. The van der Waals surface area contributed by atoms with Gasteiger partial charge in [0, 0.05) is 34.8 Å². The zero-order valence-electron chi connectivity index (χ0n) is 14.4. The topological polar surface area (TPSA) is 51.1 Å². The molecule has 1 heterocycles. The van der Waals surface area contributed by atoms with E-state index in [-0.39, 0.29) is 18.2 Å². The largest absolute Gasteiger partial charge is 0.341 e. The summed E-state index contributed by atoms with van der Waals surface area (Å²) in [6.45, 7) is 1.79. The summed E-state index contributed by atoms with van der Waals surface area (Å²) in [5.74, 6) is 5.75. The zero-order valence-corrected chi connectivity index (χ0v) is 14.4. The van der Waals surface area contributed by atoms with Gasteiger partial charge >= 0.3 is 0 Å². The van der Waals surface area contributed by atoms with Crippen LogP contribution in [-0.2, 0) is 0 Å². The molecular formula is C22H18N2O2. The van der Waals surface area contributed by atoms with Gasteiger partial charge in [-0.15, -0.1) is 0 Å². The van der Waals surface area contributed by atoms with Gasteiger partial charge in [0.15, 0.2) is 5.78 Å². The number of carbonyl (C=O) groups excluding carboxylic acids is 2. The molecule has 0 aliphatic carbocycles. The summed E-state index contributed by atoms with van der Waals surface area (Å²) < 4.78 is 1.98. The minimum Gasteiger partial charge on any atom is -0.341 e. The smallest absolute Gasteiger partial charge is 0.252 e. The standard InChI is InChI=1S/C22H18N2O2/c1-17(25)19-8-6-18(7-9-19)5-4-14-23-22(26)20-10-12-21(13-11-20)24-15-2-3-16-24/h2-3,6-13,15-16H,14H2,1H3,(H,23,26). The van der Waals surface area contributed by atoms with Gasteiger partial charge in [0.05, 0.1) is 6.54 Å². The van der Waals surface area contributed by atoms with E-state index < -0.39 is 0 Å². The molecule has 0 saturated carbocycles. The van der Waals surface area contributed by atoms with Crippen molar-refractivity contribution in [2.45, 2.75) is 6.92 Å². The van der Waals surface area contributed by atoms with Gasteiger partial charge in [-0.1, -0.05) is 24.0 Å². The van der Waals surface area contributed by atoms with Gasteiger partial charge in [-0.3, -0.25) is 9.59 Å². The number of nitrogens with zero attached hydrogens (tertiary/aromatic N) is 1. The molecule has 1 N–H and O–H groups in total. The Hall–Kier alpha value is -3.58. The Morgan fingerprint density at radius 1 is 0.923 bits per heavy atom. The van der Waals surface area contributed by atoms with Crippen LogP contribution in [0.2, 0.25) is 0 Å². The van der Waals surface area contributed by atoms with Crippen LogP contribution in [0.25, 0.3) is 5.69 Å². The molecule has 0 saturated heterocycles. The SMILES string of the molecule is CC(=O)c1ccc(C#CCNC(=O)c2ccc(-n3cccc3)cc2)cc1. The van der Waals surface area contributed by atoms with Crippen molar-refractivity contribution in [2.75, 3.05) is 6.54 Å². The van der Waals surface area contributed by atoms with Crippen molar-refractivity contribution in [3.63, 3.8) is 0 Å². The maximum Gasteiger partial charge on any atom is 0.252 e. The molecule has 3 rings (SSSR count). The number of aromatic nitrogens is 1. The van der Waals surface area contributed by atoms with Crippen LogP contribution in [0.15, 0.2) is 73.1 Å². The molecule has 0 aliphatic heterocycles. The Balaban J connectivity index is 1.55. The Morgan fingerprint density at radius 3 is 2.15 bits per heavy atom. The van der Waals surface area contributed by atoms with E-state index in [1.165, 1.54) is 6.92 Å². The molecule has 0 fully saturated rings. The molecule has 0 atom stereocenters. The van der Waals surface area contributed by atoms with Crippen molar-refractivity contribution >= 4 is 11.7 Å². The highest BCUT2D eigenvalue weighted by atomic mass is 16.1. The summed E-state index contributed by atoms with van der Waals surface area (Å²) in [5.41, 5.74) is 3.06. The third-order valence-corrected chi connectivity index (χ3v) is 3.89. The van der Waals surface area contributed by atoms with E-state index in [2.05, 4.69) is 17.2 Å². The Bertz CT molecular complexity index is 958. The van der Waals surface area contributed by atoms with Crippen molar-refractivity contribution in [3.05, 3.63) is 89.7 Å². The van der Waals surface area contributed by atoms with Crippen molar-refractivity contribution in [2.24, 2.45) is 0 Å². The third-order valence-electron chi connectivity index (χ3n) is 3.89. The first-order valence-corrected chi connectivity index (χ1v) is 8.25. The molecule has 26 heavy (non-hydrogen) atoms. The summed E-state index contributed by atoms with van der Waals surface area (Å²) in [6.07, 6.45) is 3.90. The number of hydrogen-bond acceptors (Lipinski definition) is 2. The second-order valence-electron chi connectivity index (χ2n) is 5.76. The third kappa shape index (κ3) is 4.28. The first kappa shape index (κ1) is 17.2. The number of Topliss-reactive ketones (excluding diaryl/α,β-unsaturated/α-hetero) is 1. The number of amides is 1. The fraction of sp³-hybridized carbons (Fsp3) is 0.0909. The monoisotopic (exact) mass is 342 g/mol. The molecule has 1 amide bonds. The molecule has 4 heteroatoms. The normalized spacial score (nSPS) is 9.88. The highest BCUT2D eigenvalue weighted by Gasteiger charge is 2.04. The predicted molar refractivity (Wildman–Crippen MR) is 101 cm³/mol. The molecule has 3 aromatic rings. The summed E-state index contributed by atoms with van der Waals surface area (Å²) >= 11 is 0. The van der Waals surface area contributed by atoms with Gasteiger partial charge in [-0.2, -0.15) is 0 Å². The Labute approximate surface area is 152 Å². The molecule has 4 nitrogen and oxygen atoms in total. The van der Waals surface area contributed by atoms with Gasteiger partial charge in [0.2, 0.25) is 0 Å². The fourth-order valence-electron chi connectivity index (χ4n) is 2.45. The summed E-state index contributed by atoms with van der Waals surface area (Å²) in [6, 6.07) is 18.4. The van der Waals surface area contributed by atoms with Crippen LogP contribution >= 0.6 is 0 Å². The van der Waals surface area contributed by atoms with Crippen LogP contribution in [-0.4, -0.2) is 22.8 Å². The zero-order chi connectivity index (χ0) is 18.4. The van der Waals surface area contributed by atoms with Gasteiger partial charge in [0.1, 0.15) is 0 Å². The lowest BCUT2D eigenvalue weighted by Crippen LogP contribution is -2.23. The number of hydrogen-bond donors (Lipinski definition) is 1. The van der Waals surface area contributed by atoms with E-state index in [0.29, 0.717) is 11.1 Å². The summed E-state index contributed by atoms with van der Waals surface area (Å²) in [7, 11) is 0. The highest BCUT2D eigenvalue weighted by molar-refractivity contribution is 5.94. The first-order valence-electron chi connectivity index (χ1n) is 8.25. The molecule has 0 unspecified atom stereocenters. The maximum absolute atomic E-state index is 12.2. The minimum absolute atomic E-state index is 0.0274. The molecule has 0 aliphatic rings. The van der Waals surface area contributed by atoms with Crippen LogP contribution in [0.3, 0.4) is 0 Å². The van der Waals surface area contributed by atoms with E-state index in [1.807, 2.05) is 41.2 Å². The maximum atomic E-state index is 12.2. The van der Waals surface area contributed by atoms with Gasteiger partial charge < -0.3 is 9.88 Å². The van der Waals surface area contributed by atoms with E-state index in [1.54, 1.807) is 36.4 Å². The number of ketones is 1. The first-order chi connectivity index (χ1) is 12.6. The molecular weight excluding hydrogens is 324 g/mol. The number of nitrogens with one attached hydrogen (secondary N) is 1. The molecule has 0 spiro atoms. The second kappa shape index (κ2) is 8.00. The van der Waals surface area contributed by atoms with E-state index >= 15 is 0 Å². The Morgan fingerprint density at radius 2 is 1.54 bits per heavy atom. The average molecular weight is 342 g/mol. The molecule has 0 bridgehead atoms. The average Bonchev–Trinajstić information content (AvgIpc) is 3.20. The number of carbonyl (C=O) groups is 2. The molecule has 2 aromatic carbocycles. The van der Waals surface area contributed by atoms with Crippen LogP contribution in [0.1, 0.15) is 33.2 Å². The predicted octanol–water partition coefficient (Wildman–Crippen LogP) is 3.46. The van der Waals surface area contributed by atoms with Gasteiger partial charge in [0.25, 0.3) is 5.91 Å². The lowest BCUT2D eigenvalue weighted by molar-refractivity contribution is 0.0957. The van der Waals surface area contributed by atoms with Crippen molar-refractivity contribution in [3.8, 4) is 17.5 Å². The molecule has 1 aromatic heterocycles. The van der Waals surface area contributed by atoms with Crippen LogP contribution in [0.5, 0.6) is 0 Å². The van der Waals surface area contributed by atoms with Crippen LogP contribution in [0.4, 0.5) is 0 Å². The lowest BCUT2D eigenvalue weighted by atomic mass is 10.1. The summed E-state index contributed by atoms with van der Waals surface area (Å²) in [5, 5.41) is 2.78. The van der Waals surface area contributed by atoms with Crippen molar-refractivity contribution in [1.82, 2.24) is 9.88 Å². The highest BCUT2D eigenvalue weighted by Crippen LogP contribution is 2.10. The van der Waals surface area contributed by atoms with E-state index in [9.17, 15) is 9.59 Å². The quantitative estimate of drug-likeness (QED) is 0.583. The van der Waals surface area contributed by atoms with Crippen molar-refractivity contribution < 1.29 is 9.59 Å². The van der Waals surface area contributed by atoms with E-state index in [0.717, 1.165) is 11.3 Å². The van der Waals surface area contributed by atoms with E-state index in [4.69, 9.17) is 0 Å². The number of benzene rings is 2. The van der Waals surface area contributed by atoms with Crippen LogP contribution < -0.4 is 5.32 Å². The van der Waals surface area contributed by atoms with Gasteiger partial charge in [-0.25, -0.2) is 0 Å². The van der Waals surface area contributed by atoms with Crippen LogP contribution in [0, 0.1) is 11.8 Å². The number of rotatable bonds is 4. The lowest BCUT2D eigenvalue weighted by Gasteiger charge is -2.05. The minimum atomic E-state index is -0.162. The van der Waals surface area contributed by atoms with Crippen molar-refractivity contribution in [1.29, 1.82) is 0 Å². The Kier molecular flexibility index (Phi) is 5.31. The van der Waals surface area contributed by atoms with Gasteiger partial charge in [-0.05, 0) is 55.5 Å². The summed E-state index contributed by atoms with van der Waals surface area (Å²) in [4.78, 5) is 23.4. The fourth-order valence-corrected chi connectivity index (χ4v) is 2.45. The second-order valence-corrected chi connectivity index (χ2v) is 5.76. The molecule has 0 radical (unpaired) electrons.